The van der Waals surface area contributed by atoms with Crippen LogP contribution in [0.3, 0.4) is 0 Å². The van der Waals surface area contributed by atoms with Gasteiger partial charge in [-0.2, -0.15) is 9.97 Å². The summed E-state index contributed by atoms with van der Waals surface area (Å²) in [5, 5.41) is 3.24. The number of hydrogen-bond donors (Lipinski definition) is 2. The van der Waals surface area contributed by atoms with Crippen molar-refractivity contribution in [3.8, 4) is 0 Å². The Kier molecular flexibility index (Phi) is 3.94. The zero-order chi connectivity index (χ0) is 13.9. The zero-order valence-corrected chi connectivity index (χ0v) is 12.3. The first-order chi connectivity index (χ1) is 9.78. The van der Waals surface area contributed by atoms with Crippen LogP contribution in [0.2, 0.25) is 0 Å². The largest absolute Gasteiger partial charge is 0.370 e. The average Bonchev–Trinajstić information content (AvgIpc) is 2.46. The van der Waals surface area contributed by atoms with Gasteiger partial charge in [-0.15, -0.1) is 0 Å². The number of nitrogen functional groups attached to an aromatic ring is 1. The fourth-order valence-corrected chi connectivity index (χ4v) is 3.78. The lowest BCUT2D eigenvalue weighted by Crippen LogP contribution is -2.47. The Hall–Kier alpha value is -1.52. The predicted octanol–water partition coefficient (Wildman–Crippen LogP) is 2.65. The van der Waals surface area contributed by atoms with Gasteiger partial charge in [0, 0.05) is 25.2 Å². The molecule has 2 atom stereocenters. The maximum atomic E-state index is 5.88. The molecule has 0 amide bonds. The average molecular weight is 275 g/mol. The van der Waals surface area contributed by atoms with Crippen LogP contribution in [0, 0.1) is 5.92 Å². The molecule has 2 aliphatic rings. The minimum absolute atomic E-state index is 0.372. The van der Waals surface area contributed by atoms with Crippen LogP contribution in [0.5, 0.6) is 0 Å². The van der Waals surface area contributed by atoms with E-state index in [4.69, 9.17) is 5.73 Å². The molecule has 2 heterocycles. The van der Waals surface area contributed by atoms with Gasteiger partial charge in [-0.3, -0.25) is 0 Å². The summed E-state index contributed by atoms with van der Waals surface area (Å²) in [6.07, 6.45) is 8.05. The summed E-state index contributed by atoms with van der Waals surface area (Å²) in [5.41, 5.74) is 5.88. The molecule has 20 heavy (non-hydrogen) atoms. The number of hydrogen-bond acceptors (Lipinski definition) is 5. The standard InChI is InChI=1S/C15H25N5/c1-2-17-13-10-14(19-15(16)18-13)20-9-5-7-11-6-3-4-8-12(11)20/h10-12H,2-9H2,1H3,(H3,16,17,18,19). The van der Waals surface area contributed by atoms with Gasteiger partial charge in [0.05, 0.1) is 0 Å². The van der Waals surface area contributed by atoms with Gasteiger partial charge in [0.15, 0.2) is 0 Å². The zero-order valence-electron chi connectivity index (χ0n) is 12.3. The highest BCUT2D eigenvalue weighted by Gasteiger charge is 2.34. The third kappa shape index (κ3) is 2.67. The summed E-state index contributed by atoms with van der Waals surface area (Å²) in [5.74, 6) is 3.06. The van der Waals surface area contributed by atoms with E-state index in [-0.39, 0.29) is 0 Å². The Morgan fingerprint density at radius 1 is 1.25 bits per heavy atom. The molecular weight excluding hydrogens is 250 g/mol. The van der Waals surface area contributed by atoms with Crippen molar-refractivity contribution < 1.29 is 0 Å². The highest BCUT2D eigenvalue weighted by Crippen LogP contribution is 2.37. The van der Waals surface area contributed by atoms with Gasteiger partial charge < -0.3 is 16.0 Å². The Morgan fingerprint density at radius 2 is 2.05 bits per heavy atom. The molecule has 0 radical (unpaired) electrons. The van der Waals surface area contributed by atoms with Gasteiger partial charge in [-0.25, -0.2) is 0 Å². The second-order valence-electron chi connectivity index (χ2n) is 5.95. The van der Waals surface area contributed by atoms with Crippen molar-refractivity contribution >= 4 is 17.6 Å². The highest BCUT2D eigenvalue weighted by molar-refractivity contribution is 5.53. The first kappa shape index (κ1) is 13.5. The number of nitrogens with one attached hydrogen (secondary N) is 1. The van der Waals surface area contributed by atoms with E-state index in [1.54, 1.807) is 0 Å². The van der Waals surface area contributed by atoms with Crippen molar-refractivity contribution in [1.82, 2.24) is 9.97 Å². The molecule has 1 saturated heterocycles. The van der Waals surface area contributed by atoms with Crippen molar-refractivity contribution in [2.45, 2.75) is 51.5 Å². The molecule has 2 unspecified atom stereocenters. The Balaban J connectivity index is 1.86. The number of fused-ring (bicyclic) bond motifs is 1. The van der Waals surface area contributed by atoms with E-state index in [1.165, 1.54) is 38.5 Å². The van der Waals surface area contributed by atoms with Crippen molar-refractivity contribution in [1.29, 1.82) is 0 Å². The van der Waals surface area contributed by atoms with Crippen LogP contribution in [0.4, 0.5) is 17.6 Å². The summed E-state index contributed by atoms with van der Waals surface area (Å²) in [6, 6.07) is 2.71. The van der Waals surface area contributed by atoms with Crippen molar-refractivity contribution in [2.24, 2.45) is 5.92 Å². The van der Waals surface area contributed by atoms with Crippen molar-refractivity contribution in [3.05, 3.63) is 6.07 Å². The number of rotatable bonds is 3. The highest BCUT2D eigenvalue weighted by atomic mass is 15.3. The summed E-state index contributed by atoms with van der Waals surface area (Å²) >= 11 is 0. The molecule has 1 saturated carbocycles. The third-order valence-electron chi connectivity index (χ3n) is 4.63. The van der Waals surface area contributed by atoms with E-state index < -0.39 is 0 Å². The van der Waals surface area contributed by atoms with Gasteiger partial charge in [0.2, 0.25) is 5.95 Å². The quantitative estimate of drug-likeness (QED) is 0.887. The molecule has 5 nitrogen and oxygen atoms in total. The summed E-state index contributed by atoms with van der Waals surface area (Å²) in [4.78, 5) is 11.2. The van der Waals surface area contributed by atoms with Gasteiger partial charge in [0.25, 0.3) is 0 Å². The SMILES string of the molecule is CCNc1cc(N2CCCC3CCCCC32)nc(N)n1. The summed E-state index contributed by atoms with van der Waals surface area (Å²) < 4.78 is 0. The van der Waals surface area contributed by atoms with Gasteiger partial charge in [-0.05, 0) is 38.5 Å². The molecule has 0 bridgehead atoms. The van der Waals surface area contributed by atoms with Crippen LogP contribution in [-0.2, 0) is 0 Å². The lowest BCUT2D eigenvalue weighted by atomic mass is 9.78. The molecule has 1 aromatic rings. The molecule has 3 rings (SSSR count). The minimum Gasteiger partial charge on any atom is -0.370 e. The second-order valence-corrected chi connectivity index (χ2v) is 5.95. The van der Waals surface area contributed by atoms with E-state index in [1.807, 2.05) is 0 Å². The number of nitrogens with two attached hydrogens (primary N) is 1. The number of aromatic nitrogens is 2. The van der Waals surface area contributed by atoms with Gasteiger partial charge >= 0.3 is 0 Å². The topological polar surface area (TPSA) is 67.1 Å². The Labute approximate surface area is 121 Å². The maximum Gasteiger partial charge on any atom is 0.223 e. The second kappa shape index (κ2) is 5.85. The minimum atomic E-state index is 0.372. The maximum absolute atomic E-state index is 5.88. The number of anilines is 3. The lowest BCUT2D eigenvalue weighted by molar-refractivity contribution is 0.243. The summed E-state index contributed by atoms with van der Waals surface area (Å²) in [7, 11) is 0. The molecule has 3 N–H and O–H groups in total. The molecule has 1 aliphatic carbocycles. The number of piperidine rings is 1. The lowest BCUT2D eigenvalue weighted by Gasteiger charge is -2.44. The van der Waals surface area contributed by atoms with Crippen LogP contribution in [0.1, 0.15) is 45.4 Å². The Morgan fingerprint density at radius 3 is 2.90 bits per heavy atom. The van der Waals surface area contributed by atoms with E-state index in [0.717, 1.165) is 30.6 Å². The van der Waals surface area contributed by atoms with Crippen LogP contribution < -0.4 is 16.0 Å². The van der Waals surface area contributed by atoms with Crippen LogP contribution in [0.25, 0.3) is 0 Å². The normalized spacial score (nSPS) is 26.1. The van der Waals surface area contributed by atoms with E-state index in [0.29, 0.717) is 12.0 Å². The monoisotopic (exact) mass is 275 g/mol. The van der Waals surface area contributed by atoms with E-state index in [2.05, 4.69) is 33.2 Å². The van der Waals surface area contributed by atoms with E-state index >= 15 is 0 Å². The molecule has 110 valence electrons. The smallest absolute Gasteiger partial charge is 0.223 e. The number of nitrogens with zero attached hydrogens (tertiary/aromatic N) is 3. The fraction of sp³-hybridized carbons (Fsp3) is 0.733. The molecule has 1 aliphatic heterocycles. The van der Waals surface area contributed by atoms with Crippen molar-refractivity contribution in [3.63, 3.8) is 0 Å². The van der Waals surface area contributed by atoms with Crippen LogP contribution in [-0.4, -0.2) is 29.1 Å². The van der Waals surface area contributed by atoms with Gasteiger partial charge in [0.1, 0.15) is 11.6 Å². The van der Waals surface area contributed by atoms with Gasteiger partial charge in [-0.1, -0.05) is 12.8 Å². The van der Waals surface area contributed by atoms with Crippen LogP contribution in [0.15, 0.2) is 6.07 Å². The van der Waals surface area contributed by atoms with Crippen LogP contribution >= 0.6 is 0 Å². The summed E-state index contributed by atoms with van der Waals surface area (Å²) in [6.45, 7) is 4.02. The first-order valence-electron chi connectivity index (χ1n) is 7.93. The molecule has 0 aromatic carbocycles. The molecule has 5 heteroatoms. The van der Waals surface area contributed by atoms with E-state index in [9.17, 15) is 0 Å². The fourth-order valence-electron chi connectivity index (χ4n) is 3.78. The molecule has 2 fully saturated rings. The van der Waals surface area contributed by atoms with Crippen molar-refractivity contribution in [2.75, 3.05) is 29.0 Å². The Bertz CT molecular complexity index is 460. The molecule has 1 aromatic heterocycles. The first-order valence-corrected chi connectivity index (χ1v) is 7.93. The predicted molar refractivity (Wildman–Crippen MR) is 82.9 cm³/mol. The molecular formula is C15H25N5. The molecule has 0 spiro atoms. The third-order valence-corrected chi connectivity index (χ3v) is 4.63.